The number of rotatable bonds is 5. The Hall–Kier alpha value is -2.15. The highest BCUT2D eigenvalue weighted by molar-refractivity contribution is 7.17. The van der Waals surface area contributed by atoms with Crippen molar-refractivity contribution in [1.82, 2.24) is 4.90 Å². The van der Waals surface area contributed by atoms with Crippen LogP contribution in [0.2, 0.25) is 0 Å². The minimum Gasteiger partial charge on any atom is -0.481 e. The van der Waals surface area contributed by atoms with Gasteiger partial charge in [0.2, 0.25) is 5.91 Å². The predicted molar refractivity (Wildman–Crippen MR) is 121 cm³/mol. The van der Waals surface area contributed by atoms with E-state index < -0.39 is 17.8 Å². The van der Waals surface area contributed by atoms with E-state index in [9.17, 15) is 19.5 Å². The molecule has 2 heterocycles. The molecule has 0 aromatic carbocycles. The summed E-state index contributed by atoms with van der Waals surface area (Å²) in [6.07, 6.45) is 11.7. The van der Waals surface area contributed by atoms with Gasteiger partial charge in [-0.05, 0) is 62.8 Å². The van der Waals surface area contributed by atoms with Gasteiger partial charge in [-0.25, -0.2) is 0 Å². The first-order chi connectivity index (χ1) is 15.0. The molecule has 2 amide bonds. The quantitative estimate of drug-likeness (QED) is 0.655. The molecule has 4 rings (SSSR count). The molecule has 3 aliphatic rings. The van der Waals surface area contributed by atoms with Crippen molar-refractivity contribution in [3.05, 3.63) is 28.2 Å². The van der Waals surface area contributed by atoms with Crippen LogP contribution in [0.4, 0.5) is 5.00 Å². The zero-order valence-corrected chi connectivity index (χ0v) is 19.0. The Labute approximate surface area is 187 Å². The largest absolute Gasteiger partial charge is 0.481 e. The number of thiophene rings is 1. The van der Waals surface area contributed by atoms with Gasteiger partial charge in [0.25, 0.3) is 5.91 Å². The number of piperidine rings is 1. The molecule has 168 valence electrons. The number of anilines is 1. The lowest BCUT2D eigenvalue weighted by molar-refractivity contribution is -0.146. The van der Waals surface area contributed by atoms with Crippen molar-refractivity contribution in [2.24, 2.45) is 17.8 Å². The van der Waals surface area contributed by atoms with Gasteiger partial charge in [0.1, 0.15) is 5.00 Å². The van der Waals surface area contributed by atoms with Crippen LogP contribution in [0.3, 0.4) is 0 Å². The summed E-state index contributed by atoms with van der Waals surface area (Å²) in [5.74, 6) is -1.90. The maximum absolute atomic E-state index is 13.5. The second kappa shape index (κ2) is 9.55. The molecule has 1 aromatic rings. The Kier molecular flexibility index (Phi) is 6.80. The third-order valence-electron chi connectivity index (χ3n) is 7.12. The summed E-state index contributed by atoms with van der Waals surface area (Å²) in [6.45, 7) is 3.74. The first-order valence-electron chi connectivity index (χ1n) is 11.6. The number of likely N-dealkylation sites (tertiary alicyclic amines) is 1. The summed E-state index contributed by atoms with van der Waals surface area (Å²) in [6, 6.07) is 0. The second-order valence-electron chi connectivity index (χ2n) is 9.06. The number of hydrogen-bond donors (Lipinski definition) is 2. The Morgan fingerprint density at radius 3 is 2.52 bits per heavy atom. The number of nitrogens with zero attached hydrogens (tertiary/aromatic N) is 1. The minimum atomic E-state index is -0.939. The number of carboxylic acid groups (broad SMARTS) is 1. The van der Waals surface area contributed by atoms with Gasteiger partial charge in [0.05, 0.1) is 17.4 Å². The van der Waals surface area contributed by atoms with Crippen molar-refractivity contribution >= 4 is 34.1 Å². The molecule has 2 N–H and O–H groups in total. The number of hydrogen-bond acceptors (Lipinski definition) is 4. The molecule has 0 unspecified atom stereocenters. The fourth-order valence-electron chi connectivity index (χ4n) is 5.15. The molecule has 2 aliphatic carbocycles. The maximum atomic E-state index is 13.5. The zero-order valence-electron chi connectivity index (χ0n) is 18.2. The summed E-state index contributed by atoms with van der Waals surface area (Å²) in [5.41, 5.74) is 1.78. The summed E-state index contributed by atoms with van der Waals surface area (Å²) < 4.78 is 0. The molecule has 6 nitrogen and oxygen atoms in total. The van der Waals surface area contributed by atoms with Crippen LogP contribution in [0.5, 0.6) is 0 Å². The van der Waals surface area contributed by atoms with E-state index >= 15 is 0 Å². The van der Waals surface area contributed by atoms with Gasteiger partial charge >= 0.3 is 5.97 Å². The molecule has 0 spiro atoms. The SMILES string of the molecule is CC[C@@H]1CCc2c(sc(NC(=O)[C@@H]3CC=CC[C@@H]3C(=O)O)c2C(=O)N2CCCCC2)C1. The van der Waals surface area contributed by atoms with E-state index in [4.69, 9.17) is 0 Å². The topological polar surface area (TPSA) is 86.7 Å². The number of aliphatic carboxylic acids is 1. The predicted octanol–water partition coefficient (Wildman–Crippen LogP) is 4.49. The van der Waals surface area contributed by atoms with Gasteiger partial charge in [-0.2, -0.15) is 0 Å². The Morgan fingerprint density at radius 1 is 1.13 bits per heavy atom. The van der Waals surface area contributed by atoms with Crippen LogP contribution in [-0.2, 0) is 22.4 Å². The molecular weight excluding hydrogens is 412 g/mol. The summed E-state index contributed by atoms with van der Waals surface area (Å²) >= 11 is 1.53. The molecule has 1 saturated heterocycles. The molecule has 7 heteroatoms. The smallest absolute Gasteiger partial charge is 0.307 e. The van der Waals surface area contributed by atoms with Crippen LogP contribution in [0, 0.1) is 17.8 Å². The van der Waals surface area contributed by atoms with Crippen molar-refractivity contribution in [3.63, 3.8) is 0 Å². The molecule has 1 fully saturated rings. The van der Waals surface area contributed by atoms with Gasteiger partial charge in [-0.1, -0.05) is 25.5 Å². The standard InChI is InChI=1S/C24H32N2O4S/c1-2-15-10-11-18-19(14-15)31-22(20(18)23(28)26-12-6-3-7-13-26)25-21(27)16-8-4-5-9-17(16)24(29)30/h4-5,15-17H,2-3,6-14H2,1H3,(H,25,27)(H,29,30)/t15-,16-,17+/m1/s1. The van der Waals surface area contributed by atoms with Gasteiger partial charge in [0, 0.05) is 18.0 Å². The highest BCUT2D eigenvalue weighted by atomic mass is 32.1. The maximum Gasteiger partial charge on any atom is 0.307 e. The number of fused-ring (bicyclic) bond motifs is 1. The van der Waals surface area contributed by atoms with E-state index in [-0.39, 0.29) is 11.8 Å². The number of nitrogens with one attached hydrogen (secondary N) is 1. The lowest BCUT2D eigenvalue weighted by Crippen LogP contribution is -2.37. The summed E-state index contributed by atoms with van der Waals surface area (Å²) in [4.78, 5) is 41.5. The summed E-state index contributed by atoms with van der Waals surface area (Å²) in [7, 11) is 0. The van der Waals surface area contributed by atoms with E-state index in [0.29, 0.717) is 29.3 Å². The van der Waals surface area contributed by atoms with Crippen LogP contribution in [-0.4, -0.2) is 40.9 Å². The molecule has 1 aromatic heterocycles. The van der Waals surface area contributed by atoms with Crippen LogP contribution < -0.4 is 5.32 Å². The number of allylic oxidation sites excluding steroid dienone is 2. The molecule has 31 heavy (non-hydrogen) atoms. The fraction of sp³-hybridized carbons (Fsp3) is 0.625. The first-order valence-corrected chi connectivity index (χ1v) is 12.4. The van der Waals surface area contributed by atoms with E-state index in [0.717, 1.165) is 63.6 Å². The van der Waals surface area contributed by atoms with Gasteiger partial charge in [0.15, 0.2) is 0 Å². The molecule has 0 radical (unpaired) electrons. The fourth-order valence-corrected chi connectivity index (χ4v) is 6.51. The number of carbonyl (C=O) groups excluding carboxylic acids is 2. The minimum absolute atomic E-state index is 0.0285. The average molecular weight is 445 g/mol. The van der Waals surface area contributed by atoms with E-state index in [1.165, 1.54) is 16.2 Å². The van der Waals surface area contributed by atoms with Crippen LogP contribution in [0.1, 0.15) is 72.7 Å². The van der Waals surface area contributed by atoms with Crippen LogP contribution in [0.15, 0.2) is 12.2 Å². The lowest BCUT2D eigenvalue weighted by atomic mass is 9.82. The van der Waals surface area contributed by atoms with Crippen LogP contribution >= 0.6 is 11.3 Å². The molecule has 0 saturated carbocycles. The first kappa shape index (κ1) is 22.1. The highest BCUT2D eigenvalue weighted by Gasteiger charge is 2.36. The third kappa shape index (κ3) is 4.56. The van der Waals surface area contributed by atoms with Crippen LogP contribution in [0.25, 0.3) is 0 Å². The van der Waals surface area contributed by atoms with Gasteiger partial charge < -0.3 is 15.3 Å². The Bertz CT molecular complexity index is 884. The zero-order chi connectivity index (χ0) is 22.0. The van der Waals surface area contributed by atoms with E-state index in [1.807, 2.05) is 17.1 Å². The molecule has 1 aliphatic heterocycles. The van der Waals surface area contributed by atoms with Gasteiger partial charge in [-0.3, -0.25) is 14.4 Å². The van der Waals surface area contributed by atoms with Crippen molar-refractivity contribution in [1.29, 1.82) is 0 Å². The Balaban J connectivity index is 1.63. The average Bonchev–Trinajstić information content (AvgIpc) is 3.15. The monoisotopic (exact) mass is 444 g/mol. The highest BCUT2D eigenvalue weighted by Crippen LogP contribution is 2.42. The van der Waals surface area contributed by atoms with E-state index in [2.05, 4.69) is 12.2 Å². The van der Waals surface area contributed by atoms with Crippen molar-refractivity contribution < 1.29 is 19.5 Å². The third-order valence-corrected chi connectivity index (χ3v) is 8.29. The van der Waals surface area contributed by atoms with Crippen molar-refractivity contribution in [2.45, 2.75) is 64.7 Å². The normalized spacial score (nSPS) is 25.7. The number of carboxylic acids is 1. The van der Waals surface area contributed by atoms with E-state index in [1.54, 1.807) is 0 Å². The number of carbonyl (C=O) groups is 3. The Morgan fingerprint density at radius 2 is 1.84 bits per heavy atom. The van der Waals surface area contributed by atoms with Crippen molar-refractivity contribution in [2.75, 3.05) is 18.4 Å². The second-order valence-corrected chi connectivity index (χ2v) is 10.2. The lowest BCUT2D eigenvalue weighted by Gasteiger charge is -2.28. The van der Waals surface area contributed by atoms with Crippen molar-refractivity contribution in [3.8, 4) is 0 Å². The van der Waals surface area contributed by atoms with Gasteiger partial charge in [-0.15, -0.1) is 11.3 Å². The molecule has 3 atom stereocenters. The summed E-state index contributed by atoms with van der Waals surface area (Å²) in [5, 5.41) is 13.2. The molecule has 0 bridgehead atoms. The number of amides is 2. The molecular formula is C24H32N2O4S.